The Hall–Kier alpha value is -1.24. The first-order valence-electron chi connectivity index (χ1n) is 7.76. The topological polar surface area (TPSA) is 72.9 Å². The maximum absolute atomic E-state index is 11.6. The second-order valence-electron chi connectivity index (χ2n) is 5.62. The van der Waals surface area contributed by atoms with Gasteiger partial charge in [0.25, 0.3) is 0 Å². The zero-order valence-electron chi connectivity index (χ0n) is 12.5. The fraction of sp³-hybridized carbons (Fsp3) is 0.733. The van der Waals surface area contributed by atoms with E-state index in [1.807, 2.05) is 0 Å². The van der Waals surface area contributed by atoms with Gasteiger partial charge in [-0.05, 0) is 6.42 Å². The Bertz CT molecular complexity index is 383. The van der Waals surface area contributed by atoms with Gasteiger partial charge >= 0.3 is 0 Å². The van der Waals surface area contributed by atoms with Crippen molar-refractivity contribution in [2.24, 2.45) is 0 Å². The molecule has 0 aromatic heterocycles. The highest BCUT2D eigenvalue weighted by Crippen LogP contribution is 2.15. The lowest BCUT2D eigenvalue weighted by Gasteiger charge is -2.34. The normalized spacial score (nSPS) is 21.7. The van der Waals surface area contributed by atoms with Crippen LogP contribution in [0.15, 0.2) is 11.8 Å². The van der Waals surface area contributed by atoms with E-state index >= 15 is 0 Å². The van der Waals surface area contributed by atoms with Crippen molar-refractivity contribution in [3.8, 4) is 0 Å². The van der Waals surface area contributed by atoms with Gasteiger partial charge in [0.05, 0.1) is 12.2 Å². The summed E-state index contributed by atoms with van der Waals surface area (Å²) in [5.41, 5.74) is 0.342. The molecule has 1 aliphatic carbocycles. The van der Waals surface area contributed by atoms with E-state index in [9.17, 15) is 9.59 Å². The number of nitrogens with zero attached hydrogens (tertiary/aromatic N) is 2. The summed E-state index contributed by atoms with van der Waals surface area (Å²) in [6.07, 6.45) is 3.27. The van der Waals surface area contributed by atoms with Gasteiger partial charge in [-0.1, -0.05) is 0 Å². The van der Waals surface area contributed by atoms with E-state index in [1.165, 1.54) is 0 Å². The van der Waals surface area contributed by atoms with E-state index in [1.54, 1.807) is 6.20 Å². The Kier molecular flexibility index (Phi) is 6.35. The number of carbonyl (C=O) groups excluding carboxylic acids is 2. The van der Waals surface area contributed by atoms with Crippen molar-refractivity contribution in [3.05, 3.63) is 11.8 Å². The second-order valence-corrected chi connectivity index (χ2v) is 5.62. The third-order valence-corrected chi connectivity index (χ3v) is 4.11. The molecule has 2 aliphatic rings. The largest absolute Gasteiger partial charge is 0.395 e. The molecule has 2 fully saturated rings. The predicted octanol–water partition coefficient (Wildman–Crippen LogP) is -0.608. The quantitative estimate of drug-likeness (QED) is 0.387. The molecule has 0 spiro atoms. The molecule has 2 N–H and O–H groups in total. The van der Waals surface area contributed by atoms with Crippen molar-refractivity contribution in [1.29, 1.82) is 0 Å². The van der Waals surface area contributed by atoms with Crippen molar-refractivity contribution >= 4 is 11.6 Å². The average Bonchev–Trinajstić information content (AvgIpc) is 2.48. The lowest BCUT2D eigenvalue weighted by Crippen LogP contribution is -2.48. The van der Waals surface area contributed by atoms with Gasteiger partial charge in [-0.25, -0.2) is 0 Å². The number of nitrogens with one attached hydrogen (secondary N) is 1. The third kappa shape index (κ3) is 4.91. The maximum Gasteiger partial charge on any atom is 0.167 e. The molecule has 118 valence electrons. The molecule has 1 aliphatic heterocycles. The SMILES string of the molecule is O=C1CCCC(=O)C1=CNCCN1CCN(CCO)CC1. The van der Waals surface area contributed by atoms with Crippen LogP contribution in [0.5, 0.6) is 0 Å². The number of aliphatic hydroxyl groups is 1. The second kappa shape index (κ2) is 8.26. The van der Waals surface area contributed by atoms with Gasteiger partial charge in [0, 0.05) is 64.9 Å². The van der Waals surface area contributed by atoms with E-state index in [-0.39, 0.29) is 18.2 Å². The highest BCUT2D eigenvalue weighted by Gasteiger charge is 2.22. The minimum Gasteiger partial charge on any atom is -0.395 e. The van der Waals surface area contributed by atoms with E-state index in [4.69, 9.17) is 5.11 Å². The lowest BCUT2D eigenvalue weighted by molar-refractivity contribution is -0.123. The van der Waals surface area contributed by atoms with Crippen LogP contribution >= 0.6 is 0 Å². The molecule has 6 nitrogen and oxygen atoms in total. The first-order chi connectivity index (χ1) is 10.2. The van der Waals surface area contributed by atoms with Crippen molar-refractivity contribution in [2.45, 2.75) is 19.3 Å². The van der Waals surface area contributed by atoms with Crippen molar-refractivity contribution in [2.75, 3.05) is 52.4 Å². The molecule has 1 heterocycles. The molecule has 1 saturated carbocycles. The Balaban J connectivity index is 1.66. The van der Waals surface area contributed by atoms with Gasteiger partial charge in [0.2, 0.25) is 0 Å². The minimum absolute atomic E-state index is 0.0311. The molecule has 0 radical (unpaired) electrons. The predicted molar refractivity (Wildman–Crippen MR) is 79.9 cm³/mol. The summed E-state index contributed by atoms with van der Waals surface area (Å²) >= 11 is 0. The van der Waals surface area contributed by atoms with Crippen LogP contribution in [-0.2, 0) is 9.59 Å². The highest BCUT2D eigenvalue weighted by atomic mass is 16.3. The third-order valence-electron chi connectivity index (χ3n) is 4.11. The summed E-state index contributed by atoms with van der Waals surface area (Å²) in [6.45, 7) is 6.58. The molecule has 21 heavy (non-hydrogen) atoms. The average molecular weight is 295 g/mol. The molecule has 1 saturated heterocycles. The van der Waals surface area contributed by atoms with Crippen molar-refractivity contribution in [3.63, 3.8) is 0 Å². The fourth-order valence-corrected chi connectivity index (χ4v) is 2.77. The molecule has 0 bridgehead atoms. The number of hydrogen-bond donors (Lipinski definition) is 2. The van der Waals surface area contributed by atoms with Gasteiger partial charge in [-0.2, -0.15) is 0 Å². The zero-order chi connectivity index (χ0) is 15.1. The summed E-state index contributed by atoms with van der Waals surface area (Å²) in [7, 11) is 0. The number of allylic oxidation sites excluding steroid dienone is 1. The van der Waals surface area contributed by atoms with Gasteiger partial charge in [-0.3, -0.25) is 19.4 Å². The van der Waals surface area contributed by atoms with Crippen LogP contribution in [0.25, 0.3) is 0 Å². The number of hydrogen-bond acceptors (Lipinski definition) is 6. The van der Waals surface area contributed by atoms with Gasteiger partial charge in [0.15, 0.2) is 11.6 Å². The number of β-amino-alcohol motifs (C(OH)–C–C–N with tert-alkyl or cyclic N) is 1. The molecule has 0 aromatic carbocycles. The van der Waals surface area contributed by atoms with E-state index in [0.29, 0.717) is 24.8 Å². The van der Waals surface area contributed by atoms with Crippen LogP contribution in [0.2, 0.25) is 0 Å². The van der Waals surface area contributed by atoms with Crippen LogP contribution in [0.1, 0.15) is 19.3 Å². The highest BCUT2D eigenvalue weighted by molar-refractivity contribution is 6.21. The molecule has 0 amide bonds. The zero-order valence-corrected chi connectivity index (χ0v) is 12.5. The van der Waals surface area contributed by atoms with Crippen molar-refractivity contribution < 1.29 is 14.7 Å². The Morgan fingerprint density at radius 3 is 2.14 bits per heavy atom. The summed E-state index contributed by atoms with van der Waals surface area (Å²) < 4.78 is 0. The van der Waals surface area contributed by atoms with Gasteiger partial charge < -0.3 is 10.4 Å². The summed E-state index contributed by atoms with van der Waals surface area (Å²) in [5.74, 6) is -0.0623. The molecular weight excluding hydrogens is 270 g/mol. The maximum atomic E-state index is 11.6. The molecular formula is C15H25N3O3. The fourth-order valence-electron chi connectivity index (χ4n) is 2.77. The number of aliphatic hydroxyl groups excluding tert-OH is 1. The first kappa shape index (κ1) is 16.1. The first-order valence-corrected chi connectivity index (χ1v) is 7.76. The summed E-state index contributed by atoms with van der Waals surface area (Å²) in [4.78, 5) is 27.9. The smallest absolute Gasteiger partial charge is 0.167 e. The Morgan fingerprint density at radius 2 is 1.57 bits per heavy atom. The van der Waals surface area contributed by atoms with E-state index < -0.39 is 0 Å². The van der Waals surface area contributed by atoms with Crippen molar-refractivity contribution in [1.82, 2.24) is 15.1 Å². The van der Waals surface area contributed by atoms with Crippen LogP contribution in [0.4, 0.5) is 0 Å². The van der Waals surface area contributed by atoms with Gasteiger partial charge in [0.1, 0.15) is 0 Å². The molecule has 0 unspecified atom stereocenters. The van der Waals surface area contributed by atoms with Gasteiger partial charge in [-0.15, -0.1) is 0 Å². The van der Waals surface area contributed by atoms with E-state index in [2.05, 4.69) is 15.1 Å². The number of ketones is 2. The van der Waals surface area contributed by atoms with Crippen LogP contribution in [0.3, 0.4) is 0 Å². The number of Topliss-reactive ketones (excluding diaryl/α,β-unsaturated/α-hetero) is 2. The standard InChI is InChI=1S/C15H25N3O3/c19-11-10-18-8-6-17(7-9-18)5-4-16-12-13-14(20)2-1-3-15(13)21/h12,16,19H,1-11H2. The summed E-state index contributed by atoms with van der Waals surface area (Å²) in [5, 5.41) is 12.0. The number of carbonyl (C=O) groups is 2. The number of piperazine rings is 1. The molecule has 6 heteroatoms. The lowest BCUT2D eigenvalue weighted by atomic mass is 9.93. The Labute approximate surface area is 125 Å². The number of rotatable bonds is 6. The molecule has 0 atom stereocenters. The summed E-state index contributed by atoms with van der Waals surface area (Å²) in [6, 6.07) is 0. The molecule has 0 aromatic rings. The van der Waals surface area contributed by atoms with E-state index in [0.717, 1.165) is 45.8 Å². The van der Waals surface area contributed by atoms with Crippen LogP contribution in [0, 0.1) is 0 Å². The van der Waals surface area contributed by atoms with Crippen LogP contribution < -0.4 is 5.32 Å². The van der Waals surface area contributed by atoms with Crippen LogP contribution in [-0.4, -0.2) is 78.9 Å². The Morgan fingerprint density at radius 1 is 1.00 bits per heavy atom. The monoisotopic (exact) mass is 295 g/mol. The minimum atomic E-state index is -0.0311. The molecule has 2 rings (SSSR count).